The van der Waals surface area contributed by atoms with Crippen LogP contribution in [0.15, 0.2) is 45.9 Å². The molecule has 0 saturated carbocycles. The van der Waals surface area contributed by atoms with Crippen molar-refractivity contribution in [3.63, 3.8) is 0 Å². The van der Waals surface area contributed by atoms with E-state index in [0.29, 0.717) is 5.92 Å². The smallest absolute Gasteiger partial charge is 0.0734 e. The molecule has 0 spiro atoms. The Morgan fingerprint density at radius 2 is 1.95 bits per heavy atom. The van der Waals surface area contributed by atoms with Crippen molar-refractivity contribution in [1.29, 1.82) is 0 Å². The summed E-state index contributed by atoms with van der Waals surface area (Å²) in [6.07, 6.45) is 5.38. The molecule has 1 aromatic rings. The fraction of sp³-hybridized carbons (Fsp3) is 0.353. The van der Waals surface area contributed by atoms with Gasteiger partial charge in [0.2, 0.25) is 0 Å². The zero-order chi connectivity index (χ0) is 15.3. The first kappa shape index (κ1) is 15.2. The molecule has 1 aromatic carbocycles. The third kappa shape index (κ3) is 2.69. The van der Waals surface area contributed by atoms with Gasteiger partial charge in [-0.3, -0.25) is 4.99 Å². The number of rotatable bonds is 3. The van der Waals surface area contributed by atoms with Gasteiger partial charge in [-0.25, -0.2) is 0 Å². The van der Waals surface area contributed by atoms with Crippen molar-refractivity contribution in [3.8, 4) is 0 Å². The standard InChI is InChI=1S/C17H19Cl2NS/c1-12-16(21(18,19)11-20-12)10-17(2,3)15-9-8-13-6-4-5-7-14(13)15/h4-9,11,15H,10H2,1-3H3. The summed E-state index contributed by atoms with van der Waals surface area (Å²) in [5.74, 6) is 0.387. The molecule has 2 aliphatic rings. The van der Waals surface area contributed by atoms with E-state index in [1.54, 1.807) is 5.55 Å². The third-order valence-corrected chi connectivity index (χ3v) is 7.43. The molecule has 1 aliphatic heterocycles. The van der Waals surface area contributed by atoms with Crippen LogP contribution in [0.2, 0.25) is 0 Å². The molecular formula is C17H19Cl2NS. The molecule has 112 valence electrons. The van der Waals surface area contributed by atoms with Crippen molar-refractivity contribution in [1.82, 2.24) is 0 Å². The van der Waals surface area contributed by atoms with Crippen LogP contribution in [-0.2, 0) is 0 Å². The molecule has 21 heavy (non-hydrogen) atoms. The number of fused-ring (bicyclic) bond motifs is 1. The maximum absolute atomic E-state index is 6.47. The van der Waals surface area contributed by atoms with Crippen molar-refractivity contribution in [2.75, 3.05) is 0 Å². The average Bonchev–Trinajstić information content (AvgIpc) is 2.96. The Kier molecular flexibility index (Phi) is 3.76. The highest BCUT2D eigenvalue weighted by molar-refractivity contribution is 8.76. The van der Waals surface area contributed by atoms with Gasteiger partial charge in [-0.1, -0.05) is 50.3 Å². The van der Waals surface area contributed by atoms with Crippen LogP contribution >= 0.6 is 29.8 Å². The molecule has 0 amide bonds. The molecule has 3 rings (SSSR count). The van der Waals surface area contributed by atoms with Gasteiger partial charge in [0, 0.05) is 16.5 Å². The van der Waals surface area contributed by atoms with Gasteiger partial charge in [0.15, 0.2) is 0 Å². The molecule has 0 bridgehead atoms. The highest BCUT2D eigenvalue weighted by atomic mass is 36.0. The normalized spacial score (nSPS) is 24.5. The van der Waals surface area contributed by atoms with Gasteiger partial charge in [0.25, 0.3) is 0 Å². The van der Waals surface area contributed by atoms with Crippen molar-refractivity contribution in [2.45, 2.75) is 33.1 Å². The first-order valence-corrected chi connectivity index (χ1v) is 10.4. The highest BCUT2D eigenvalue weighted by Crippen LogP contribution is 2.69. The van der Waals surface area contributed by atoms with Gasteiger partial charge in [-0.2, -0.15) is 0 Å². The molecular weight excluding hydrogens is 321 g/mol. The van der Waals surface area contributed by atoms with E-state index in [-0.39, 0.29) is 5.41 Å². The number of hydrogen-bond donors (Lipinski definition) is 0. The summed E-state index contributed by atoms with van der Waals surface area (Å²) in [4.78, 5) is 5.44. The van der Waals surface area contributed by atoms with Crippen molar-refractivity contribution in [3.05, 3.63) is 52.1 Å². The van der Waals surface area contributed by atoms with Crippen molar-refractivity contribution < 1.29 is 0 Å². The number of nitrogens with zero attached hydrogens (tertiary/aromatic N) is 1. The molecule has 1 aliphatic carbocycles. The van der Waals surface area contributed by atoms with Gasteiger partial charge in [0.05, 0.1) is 5.55 Å². The van der Waals surface area contributed by atoms with E-state index in [1.165, 1.54) is 11.1 Å². The Morgan fingerprint density at radius 3 is 2.62 bits per heavy atom. The molecule has 1 unspecified atom stereocenters. The summed E-state index contributed by atoms with van der Waals surface area (Å²) in [5.41, 5.74) is 5.46. The number of benzene rings is 1. The van der Waals surface area contributed by atoms with Gasteiger partial charge in [-0.15, -0.1) is 0 Å². The topological polar surface area (TPSA) is 12.4 Å². The second kappa shape index (κ2) is 5.19. The van der Waals surface area contributed by atoms with Crippen LogP contribution in [0.3, 0.4) is 0 Å². The number of aliphatic imine (C=N–C) groups is 1. The molecule has 1 nitrogen and oxygen atoms in total. The lowest BCUT2D eigenvalue weighted by atomic mass is 9.73. The molecule has 0 aromatic heterocycles. The summed E-state index contributed by atoms with van der Waals surface area (Å²) in [7, 11) is 11.1. The Bertz CT molecular complexity index is 671. The number of halogens is 2. The van der Waals surface area contributed by atoms with Gasteiger partial charge >= 0.3 is 0 Å². The summed E-state index contributed by atoms with van der Waals surface area (Å²) in [6.45, 7) is 6.57. The van der Waals surface area contributed by atoms with E-state index in [9.17, 15) is 0 Å². The van der Waals surface area contributed by atoms with Crippen LogP contribution in [0.25, 0.3) is 6.08 Å². The summed E-state index contributed by atoms with van der Waals surface area (Å²) < 4.78 is 0. The minimum atomic E-state index is -1.87. The fourth-order valence-electron chi connectivity index (χ4n) is 3.16. The number of allylic oxidation sites excluding steroid dienone is 3. The van der Waals surface area contributed by atoms with E-state index in [2.05, 4.69) is 55.3 Å². The Morgan fingerprint density at radius 1 is 1.24 bits per heavy atom. The van der Waals surface area contributed by atoms with E-state index >= 15 is 0 Å². The molecule has 1 atom stereocenters. The summed E-state index contributed by atoms with van der Waals surface area (Å²) >= 11 is 0. The lowest BCUT2D eigenvalue weighted by molar-refractivity contribution is 0.328. The quantitative estimate of drug-likeness (QED) is 0.588. The fourth-order valence-corrected chi connectivity index (χ4v) is 5.82. The van der Waals surface area contributed by atoms with Crippen LogP contribution in [-0.4, -0.2) is 5.55 Å². The maximum Gasteiger partial charge on any atom is 0.0734 e. The molecule has 0 N–H and O–H groups in total. The molecule has 0 fully saturated rings. The average molecular weight is 340 g/mol. The zero-order valence-corrected chi connectivity index (χ0v) is 14.8. The van der Waals surface area contributed by atoms with E-state index < -0.39 is 8.46 Å². The first-order valence-electron chi connectivity index (χ1n) is 7.05. The van der Waals surface area contributed by atoms with Crippen LogP contribution in [0, 0.1) is 5.41 Å². The van der Waals surface area contributed by atoms with Gasteiger partial charge in [0.1, 0.15) is 0 Å². The summed E-state index contributed by atoms with van der Waals surface area (Å²) in [6, 6.07) is 8.58. The van der Waals surface area contributed by atoms with Gasteiger partial charge in [-0.05, 0) is 59.7 Å². The number of hydrogen-bond acceptors (Lipinski definition) is 1. The molecule has 0 radical (unpaired) electrons. The van der Waals surface area contributed by atoms with Crippen LogP contribution in [0.5, 0.6) is 0 Å². The minimum Gasteiger partial charge on any atom is -0.253 e. The minimum absolute atomic E-state index is 0.0510. The van der Waals surface area contributed by atoms with Gasteiger partial charge < -0.3 is 0 Å². The third-order valence-electron chi connectivity index (χ3n) is 4.37. The zero-order valence-electron chi connectivity index (χ0n) is 12.4. The highest BCUT2D eigenvalue weighted by Gasteiger charge is 2.38. The SMILES string of the molecule is CC1=C(CC(C)(C)C2C=Cc3ccccc32)S(Cl)(Cl)C=N1. The Balaban J connectivity index is 1.90. The van der Waals surface area contributed by atoms with Crippen molar-refractivity contribution >= 4 is 41.4 Å². The second-order valence-corrected chi connectivity index (χ2v) is 11.5. The van der Waals surface area contributed by atoms with Crippen LogP contribution < -0.4 is 0 Å². The molecule has 4 heteroatoms. The lowest BCUT2D eigenvalue weighted by Crippen LogP contribution is -2.21. The second-order valence-electron chi connectivity index (χ2n) is 6.38. The lowest BCUT2D eigenvalue weighted by Gasteiger charge is -2.35. The molecule has 1 heterocycles. The van der Waals surface area contributed by atoms with Crippen molar-refractivity contribution in [2.24, 2.45) is 10.4 Å². The monoisotopic (exact) mass is 339 g/mol. The van der Waals surface area contributed by atoms with E-state index in [4.69, 9.17) is 21.4 Å². The predicted octanol–water partition coefficient (Wildman–Crippen LogP) is 6.60. The maximum atomic E-state index is 6.47. The first-order chi connectivity index (χ1) is 9.81. The van der Waals surface area contributed by atoms with Crippen LogP contribution in [0.1, 0.15) is 44.2 Å². The summed E-state index contributed by atoms with van der Waals surface area (Å²) in [5, 5.41) is 0. The molecule has 0 saturated heterocycles. The predicted molar refractivity (Wildman–Crippen MR) is 97.1 cm³/mol. The Labute approximate surface area is 137 Å². The van der Waals surface area contributed by atoms with E-state index in [1.807, 2.05) is 6.92 Å². The van der Waals surface area contributed by atoms with Crippen LogP contribution in [0.4, 0.5) is 0 Å². The van der Waals surface area contributed by atoms with E-state index in [0.717, 1.165) is 17.0 Å². The largest absolute Gasteiger partial charge is 0.253 e. The Hall–Kier alpha value is -0.700.